The fraction of sp³-hybridized carbons (Fsp3) is 0.0500. The highest BCUT2D eigenvalue weighted by molar-refractivity contribution is 6.10. The first kappa shape index (κ1) is 16.9. The van der Waals surface area contributed by atoms with E-state index in [-0.39, 0.29) is 18.3 Å². The van der Waals surface area contributed by atoms with E-state index in [4.69, 9.17) is 10.5 Å². The molecule has 0 atom stereocenters. The van der Waals surface area contributed by atoms with E-state index in [1.165, 1.54) is 0 Å². The smallest absolute Gasteiger partial charge is 0.262 e. The topological polar surface area (TPSA) is 55.6 Å². The van der Waals surface area contributed by atoms with E-state index in [2.05, 4.69) is 0 Å². The van der Waals surface area contributed by atoms with Crippen LogP contribution in [0.2, 0.25) is 0 Å². The molecule has 2 N–H and O–H groups in total. The number of para-hydroxylation sites is 3. The minimum atomic E-state index is -0.119. The molecule has 1 heterocycles. The van der Waals surface area contributed by atoms with Gasteiger partial charge in [0.25, 0.3) is 5.91 Å². The maximum Gasteiger partial charge on any atom is 0.262 e. The molecule has 1 aliphatic heterocycles. The number of anilines is 2. The van der Waals surface area contributed by atoms with Crippen LogP contribution < -0.4 is 15.4 Å². The maximum atomic E-state index is 13.1. The van der Waals surface area contributed by atoms with Crippen molar-refractivity contribution in [3.05, 3.63) is 83.9 Å². The van der Waals surface area contributed by atoms with E-state index in [0.717, 1.165) is 11.3 Å². The summed E-state index contributed by atoms with van der Waals surface area (Å²) in [5, 5.41) is 0. The van der Waals surface area contributed by atoms with Crippen LogP contribution in [-0.4, -0.2) is 5.91 Å². The van der Waals surface area contributed by atoms with Gasteiger partial charge in [0.2, 0.25) is 0 Å². The number of nitrogens with two attached hydrogens (primary N) is 1. The lowest BCUT2D eigenvalue weighted by atomic mass is 10.1. The Bertz CT molecular complexity index is 913. The molecule has 1 amide bonds. The van der Waals surface area contributed by atoms with Crippen LogP contribution in [0.1, 0.15) is 15.9 Å². The largest absolute Gasteiger partial charge is 0.452 e. The fourth-order valence-electron chi connectivity index (χ4n) is 2.89. The summed E-state index contributed by atoms with van der Waals surface area (Å²) in [6, 6.07) is 22.7. The lowest BCUT2D eigenvalue weighted by Gasteiger charge is -2.22. The van der Waals surface area contributed by atoms with Crippen LogP contribution in [0.15, 0.2) is 72.8 Å². The van der Waals surface area contributed by atoms with Gasteiger partial charge in [-0.3, -0.25) is 4.79 Å². The second kappa shape index (κ2) is 6.87. The third kappa shape index (κ3) is 3.04. The van der Waals surface area contributed by atoms with E-state index in [9.17, 15) is 4.79 Å². The first-order valence-corrected chi connectivity index (χ1v) is 7.75. The number of carbonyl (C=O) groups is 1. The summed E-state index contributed by atoms with van der Waals surface area (Å²) in [5.74, 6) is 0.926. The summed E-state index contributed by atoms with van der Waals surface area (Å²) in [6.07, 6.45) is 0. The maximum absolute atomic E-state index is 13.1. The summed E-state index contributed by atoms with van der Waals surface area (Å²) >= 11 is 0. The van der Waals surface area contributed by atoms with Gasteiger partial charge in [0, 0.05) is 0 Å². The van der Waals surface area contributed by atoms with E-state index in [1.54, 1.807) is 23.1 Å². The number of halogens is 1. The van der Waals surface area contributed by atoms with Gasteiger partial charge in [-0.1, -0.05) is 48.5 Å². The van der Waals surface area contributed by atoms with E-state index < -0.39 is 0 Å². The molecule has 4 rings (SSSR count). The standard InChI is InChI=1S/C20H16N2O2.ClH/c21-16-10-6-9-15-19(16)24-18-12-5-4-11-17(18)22(20(15)23)13-14-7-2-1-3-8-14;/h1-12H,13,21H2;1H. The van der Waals surface area contributed by atoms with Crippen molar-refractivity contribution in [1.82, 2.24) is 0 Å². The number of benzene rings is 3. The van der Waals surface area contributed by atoms with Crippen molar-refractivity contribution in [2.75, 3.05) is 10.6 Å². The Morgan fingerprint density at radius 2 is 1.60 bits per heavy atom. The van der Waals surface area contributed by atoms with Crippen LogP contribution in [0, 0.1) is 0 Å². The molecule has 0 aliphatic carbocycles. The molecular weight excluding hydrogens is 336 g/mol. The van der Waals surface area contributed by atoms with Crippen LogP contribution in [0.4, 0.5) is 11.4 Å². The molecule has 0 unspecified atom stereocenters. The lowest BCUT2D eigenvalue weighted by molar-refractivity contribution is 0.0985. The average Bonchev–Trinajstić information content (AvgIpc) is 2.73. The monoisotopic (exact) mass is 352 g/mol. The number of carbonyl (C=O) groups excluding carboxylic acids is 1. The van der Waals surface area contributed by atoms with Crippen LogP contribution in [0.3, 0.4) is 0 Å². The van der Waals surface area contributed by atoms with Crippen molar-refractivity contribution in [3.63, 3.8) is 0 Å². The molecule has 0 saturated heterocycles. The van der Waals surface area contributed by atoms with Gasteiger partial charge >= 0.3 is 0 Å². The number of hydrogen-bond acceptors (Lipinski definition) is 3. The molecule has 25 heavy (non-hydrogen) atoms. The minimum absolute atomic E-state index is 0. The van der Waals surface area contributed by atoms with Crippen molar-refractivity contribution in [2.24, 2.45) is 0 Å². The van der Waals surface area contributed by atoms with Crippen LogP contribution in [0.5, 0.6) is 11.5 Å². The van der Waals surface area contributed by atoms with Crippen LogP contribution in [-0.2, 0) is 6.54 Å². The molecule has 3 aromatic carbocycles. The van der Waals surface area contributed by atoms with E-state index in [1.807, 2.05) is 54.6 Å². The molecule has 3 aromatic rings. The molecule has 0 radical (unpaired) electrons. The third-order valence-electron chi connectivity index (χ3n) is 4.07. The van der Waals surface area contributed by atoms with Crippen LogP contribution in [0.25, 0.3) is 0 Å². The minimum Gasteiger partial charge on any atom is -0.452 e. The van der Waals surface area contributed by atoms with Gasteiger partial charge in [-0.2, -0.15) is 0 Å². The predicted octanol–water partition coefficient (Wildman–Crippen LogP) is 4.64. The molecule has 0 aromatic heterocycles. The van der Waals surface area contributed by atoms with E-state index >= 15 is 0 Å². The van der Waals surface area contributed by atoms with Crippen molar-refractivity contribution >= 4 is 29.7 Å². The van der Waals surface area contributed by atoms with Gasteiger partial charge in [0.1, 0.15) is 0 Å². The summed E-state index contributed by atoms with van der Waals surface area (Å²) in [5.41, 5.74) is 8.75. The summed E-state index contributed by atoms with van der Waals surface area (Å²) in [4.78, 5) is 14.9. The Labute approximate surface area is 152 Å². The summed E-state index contributed by atoms with van der Waals surface area (Å²) < 4.78 is 5.98. The molecule has 0 bridgehead atoms. The zero-order chi connectivity index (χ0) is 16.5. The first-order chi connectivity index (χ1) is 11.7. The Morgan fingerprint density at radius 1 is 0.880 bits per heavy atom. The number of amides is 1. The number of fused-ring (bicyclic) bond motifs is 2. The number of hydrogen-bond donors (Lipinski definition) is 1. The van der Waals surface area contributed by atoms with Gasteiger partial charge in [-0.15, -0.1) is 12.4 Å². The second-order valence-corrected chi connectivity index (χ2v) is 5.67. The Morgan fingerprint density at radius 3 is 2.40 bits per heavy atom. The second-order valence-electron chi connectivity index (χ2n) is 5.67. The number of nitrogen functional groups attached to an aromatic ring is 1. The summed E-state index contributed by atoms with van der Waals surface area (Å²) in [7, 11) is 0. The highest BCUT2D eigenvalue weighted by atomic mass is 35.5. The van der Waals surface area contributed by atoms with Crippen molar-refractivity contribution in [2.45, 2.75) is 6.54 Å². The predicted molar refractivity (Wildman–Crippen MR) is 102 cm³/mol. The number of nitrogens with zero attached hydrogens (tertiary/aromatic N) is 1. The fourth-order valence-corrected chi connectivity index (χ4v) is 2.89. The summed E-state index contributed by atoms with van der Waals surface area (Å²) in [6.45, 7) is 0.467. The molecule has 1 aliphatic rings. The van der Waals surface area contributed by atoms with Gasteiger partial charge < -0.3 is 15.4 Å². The zero-order valence-electron chi connectivity index (χ0n) is 13.4. The molecular formula is C20H17ClN2O2. The Balaban J connectivity index is 0.00000182. The number of ether oxygens (including phenoxy) is 1. The quantitative estimate of drug-likeness (QED) is 0.683. The van der Waals surface area contributed by atoms with Crippen molar-refractivity contribution < 1.29 is 9.53 Å². The Kier molecular flexibility index (Phi) is 4.63. The molecule has 126 valence electrons. The average molecular weight is 353 g/mol. The molecule has 0 spiro atoms. The zero-order valence-corrected chi connectivity index (χ0v) is 14.2. The molecule has 0 fully saturated rings. The SMILES string of the molecule is Cl.Nc1cccc2c1Oc1ccccc1N(Cc1ccccc1)C2=O. The third-order valence-corrected chi connectivity index (χ3v) is 4.07. The van der Waals surface area contributed by atoms with Gasteiger partial charge in [0.05, 0.1) is 23.5 Å². The molecule has 0 saturated carbocycles. The normalized spacial score (nSPS) is 12.3. The lowest BCUT2D eigenvalue weighted by Crippen LogP contribution is -2.29. The Hall–Kier alpha value is -2.98. The van der Waals surface area contributed by atoms with Crippen molar-refractivity contribution in [1.29, 1.82) is 0 Å². The van der Waals surface area contributed by atoms with Gasteiger partial charge in [0.15, 0.2) is 11.5 Å². The first-order valence-electron chi connectivity index (χ1n) is 7.75. The van der Waals surface area contributed by atoms with Crippen LogP contribution >= 0.6 is 12.4 Å². The highest BCUT2D eigenvalue weighted by Gasteiger charge is 2.29. The van der Waals surface area contributed by atoms with E-state index in [0.29, 0.717) is 29.3 Å². The highest BCUT2D eigenvalue weighted by Crippen LogP contribution is 2.41. The number of rotatable bonds is 2. The van der Waals surface area contributed by atoms with Gasteiger partial charge in [-0.25, -0.2) is 0 Å². The molecule has 5 heteroatoms. The van der Waals surface area contributed by atoms with Crippen molar-refractivity contribution in [3.8, 4) is 11.5 Å². The van der Waals surface area contributed by atoms with Gasteiger partial charge in [-0.05, 0) is 29.8 Å². The molecule has 4 nitrogen and oxygen atoms in total.